The van der Waals surface area contributed by atoms with Gasteiger partial charge >= 0.3 is 0 Å². The van der Waals surface area contributed by atoms with E-state index in [2.05, 4.69) is 46.4 Å². The first-order chi connectivity index (χ1) is 11.7. The average Bonchev–Trinajstić information content (AvgIpc) is 2.98. The number of rotatable bonds is 6. The van der Waals surface area contributed by atoms with Gasteiger partial charge in [0.15, 0.2) is 0 Å². The van der Waals surface area contributed by atoms with Gasteiger partial charge in [-0.1, -0.05) is 41.5 Å². The Morgan fingerprint density at radius 1 is 0.880 bits per heavy atom. The predicted octanol–water partition coefficient (Wildman–Crippen LogP) is 3.80. The van der Waals surface area contributed by atoms with Crippen molar-refractivity contribution in [2.45, 2.75) is 73.3 Å². The second-order valence-electron chi connectivity index (χ2n) is 9.21. The first-order valence-corrected chi connectivity index (χ1v) is 10.3. The van der Waals surface area contributed by atoms with Crippen molar-refractivity contribution >= 4 is 11.8 Å². The van der Waals surface area contributed by atoms with Crippen molar-refractivity contribution in [3.05, 3.63) is 0 Å². The molecule has 2 saturated heterocycles. The Kier molecular flexibility index (Phi) is 6.93. The molecule has 2 aliphatic heterocycles. The first-order valence-electron chi connectivity index (χ1n) is 10.3. The zero-order chi connectivity index (χ0) is 18.7. The van der Waals surface area contributed by atoms with Crippen molar-refractivity contribution in [3.63, 3.8) is 0 Å². The Bertz CT molecular complexity index is 475. The Labute approximate surface area is 154 Å². The molecular formula is C21H38N2O2. The molecule has 0 aromatic rings. The van der Waals surface area contributed by atoms with Gasteiger partial charge in [0.05, 0.1) is 6.04 Å². The van der Waals surface area contributed by atoms with Gasteiger partial charge in [-0.3, -0.25) is 9.59 Å². The quantitative estimate of drug-likeness (QED) is 0.731. The number of carbonyl (C=O) groups excluding carboxylic acids is 2. The molecule has 0 radical (unpaired) electrons. The van der Waals surface area contributed by atoms with Gasteiger partial charge in [0.25, 0.3) is 0 Å². The molecule has 2 aliphatic rings. The summed E-state index contributed by atoms with van der Waals surface area (Å²) in [7, 11) is 0. The molecule has 0 saturated carbocycles. The highest BCUT2D eigenvalue weighted by atomic mass is 16.2. The molecule has 4 heteroatoms. The molecule has 0 N–H and O–H groups in total. The van der Waals surface area contributed by atoms with Crippen LogP contribution in [0.4, 0.5) is 0 Å². The molecular weight excluding hydrogens is 312 g/mol. The van der Waals surface area contributed by atoms with Crippen LogP contribution in [-0.4, -0.2) is 47.3 Å². The van der Waals surface area contributed by atoms with Crippen LogP contribution in [0.2, 0.25) is 0 Å². The lowest BCUT2D eigenvalue weighted by atomic mass is 9.89. The summed E-state index contributed by atoms with van der Waals surface area (Å²) < 4.78 is 0. The molecule has 25 heavy (non-hydrogen) atoms. The summed E-state index contributed by atoms with van der Waals surface area (Å²) in [6, 6.07) is 0.249. The van der Waals surface area contributed by atoms with E-state index in [1.807, 2.05) is 4.90 Å². The topological polar surface area (TPSA) is 40.6 Å². The van der Waals surface area contributed by atoms with Gasteiger partial charge < -0.3 is 9.80 Å². The van der Waals surface area contributed by atoms with Gasteiger partial charge in [0.1, 0.15) is 0 Å². The third-order valence-corrected chi connectivity index (χ3v) is 6.72. The number of likely N-dealkylation sites (tertiary alicyclic amines) is 2. The van der Waals surface area contributed by atoms with E-state index < -0.39 is 0 Å². The van der Waals surface area contributed by atoms with Gasteiger partial charge in [0, 0.05) is 32.5 Å². The van der Waals surface area contributed by atoms with Crippen molar-refractivity contribution in [3.8, 4) is 0 Å². The maximum absolute atomic E-state index is 12.8. The van der Waals surface area contributed by atoms with Crippen LogP contribution in [0, 0.1) is 29.6 Å². The minimum atomic E-state index is 0.249. The molecule has 0 unspecified atom stereocenters. The standard InChI is InChI=1S/C21H38N2O2/c1-14(2)16(5)10-20(24)22-12-18-8-7-9-23(19(18)13-22)21(25)11-17(6)15(3)4/h14-19H,7-13H2,1-6H3/t16-,17-,18-,19+/m0/s1. The molecule has 0 aromatic carbocycles. The largest absolute Gasteiger partial charge is 0.340 e. The molecule has 0 aliphatic carbocycles. The second-order valence-corrected chi connectivity index (χ2v) is 9.21. The van der Waals surface area contributed by atoms with Crippen LogP contribution in [0.25, 0.3) is 0 Å². The summed E-state index contributed by atoms with van der Waals surface area (Å²) >= 11 is 0. The van der Waals surface area contributed by atoms with Crippen LogP contribution in [0.15, 0.2) is 0 Å². The maximum Gasteiger partial charge on any atom is 0.223 e. The Morgan fingerprint density at radius 2 is 1.44 bits per heavy atom. The number of piperidine rings is 1. The zero-order valence-corrected chi connectivity index (χ0v) is 17.1. The fraction of sp³-hybridized carbons (Fsp3) is 0.905. The molecule has 0 spiro atoms. The lowest BCUT2D eigenvalue weighted by molar-refractivity contribution is -0.137. The van der Waals surface area contributed by atoms with Crippen molar-refractivity contribution in [2.75, 3.05) is 19.6 Å². The zero-order valence-electron chi connectivity index (χ0n) is 17.1. The number of carbonyl (C=O) groups is 2. The van der Waals surface area contributed by atoms with Crippen LogP contribution in [-0.2, 0) is 9.59 Å². The van der Waals surface area contributed by atoms with Gasteiger partial charge in [0.2, 0.25) is 11.8 Å². The predicted molar refractivity (Wildman–Crippen MR) is 102 cm³/mol. The molecule has 0 aromatic heterocycles. The van der Waals surface area contributed by atoms with E-state index in [4.69, 9.17) is 0 Å². The third-order valence-electron chi connectivity index (χ3n) is 6.72. The fourth-order valence-corrected chi connectivity index (χ4v) is 3.96. The summed E-state index contributed by atoms with van der Waals surface area (Å²) in [5.41, 5.74) is 0. The van der Waals surface area contributed by atoms with Crippen LogP contribution >= 0.6 is 0 Å². The molecule has 4 nitrogen and oxygen atoms in total. The maximum atomic E-state index is 12.8. The molecule has 0 bridgehead atoms. The molecule has 2 heterocycles. The summed E-state index contributed by atoms with van der Waals surface area (Å²) in [6.07, 6.45) is 3.50. The SMILES string of the molecule is CC(C)[C@@H](C)CC(=O)N1C[C@@H]2CCCN(C(=O)C[C@H](C)C(C)C)[C@@H]2C1. The number of hydrogen-bond donors (Lipinski definition) is 0. The minimum absolute atomic E-state index is 0.249. The van der Waals surface area contributed by atoms with Gasteiger partial charge in [-0.25, -0.2) is 0 Å². The number of amides is 2. The normalized spacial score (nSPS) is 26.1. The molecule has 144 valence electrons. The number of hydrogen-bond acceptors (Lipinski definition) is 2. The molecule has 2 amide bonds. The summed E-state index contributed by atoms with van der Waals surface area (Å²) in [5.74, 6) is 2.94. The van der Waals surface area contributed by atoms with Crippen LogP contribution in [0.5, 0.6) is 0 Å². The smallest absolute Gasteiger partial charge is 0.223 e. The number of fused-ring (bicyclic) bond motifs is 1. The highest BCUT2D eigenvalue weighted by molar-refractivity contribution is 5.79. The van der Waals surface area contributed by atoms with E-state index in [-0.39, 0.29) is 11.9 Å². The van der Waals surface area contributed by atoms with E-state index in [0.29, 0.717) is 48.3 Å². The highest BCUT2D eigenvalue weighted by Gasteiger charge is 2.42. The summed E-state index contributed by atoms with van der Waals surface area (Å²) in [6.45, 7) is 15.5. The monoisotopic (exact) mass is 350 g/mol. The fourth-order valence-electron chi connectivity index (χ4n) is 3.96. The van der Waals surface area contributed by atoms with E-state index in [1.54, 1.807) is 0 Å². The third kappa shape index (κ3) is 4.98. The summed E-state index contributed by atoms with van der Waals surface area (Å²) in [4.78, 5) is 29.6. The van der Waals surface area contributed by atoms with Crippen molar-refractivity contribution in [2.24, 2.45) is 29.6 Å². The highest BCUT2D eigenvalue weighted by Crippen LogP contribution is 2.32. The summed E-state index contributed by atoms with van der Waals surface area (Å²) in [5, 5.41) is 0. The molecule has 2 rings (SSSR count). The average molecular weight is 351 g/mol. The van der Waals surface area contributed by atoms with E-state index in [1.165, 1.54) is 0 Å². The van der Waals surface area contributed by atoms with Gasteiger partial charge in [-0.05, 0) is 42.4 Å². The Balaban J connectivity index is 1.97. The Hall–Kier alpha value is -1.06. The van der Waals surface area contributed by atoms with Crippen molar-refractivity contribution in [1.82, 2.24) is 9.80 Å². The Morgan fingerprint density at radius 3 is 2.00 bits per heavy atom. The van der Waals surface area contributed by atoms with E-state index in [0.717, 1.165) is 32.5 Å². The van der Waals surface area contributed by atoms with Crippen LogP contribution in [0.1, 0.15) is 67.2 Å². The minimum Gasteiger partial charge on any atom is -0.340 e. The van der Waals surface area contributed by atoms with Gasteiger partial charge in [-0.15, -0.1) is 0 Å². The van der Waals surface area contributed by atoms with Crippen molar-refractivity contribution < 1.29 is 9.59 Å². The van der Waals surface area contributed by atoms with E-state index >= 15 is 0 Å². The number of nitrogens with zero attached hydrogens (tertiary/aromatic N) is 2. The lowest BCUT2D eigenvalue weighted by Crippen LogP contribution is -2.49. The molecule has 4 atom stereocenters. The van der Waals surface area contributed by atoms with E-state index in [9.17, 15) is 9.59 Å². The van der Waals surface area contributed by atoms with Crippen molar-refractivity contribution in [1.29, 1.82) is 0 Å². The lowest BCUT2D eigenvalue weighted by Gasteiger charge is -2.37. The first kappa shape index (κ1) is 20.3. The molecule has 2 fully saturated rings. The van der Waals surface area contributed by atoms with Crippen LogP contribution < -0.4 is 0 Å². The van der Waals surface area contributed by atoms with Crippen LogP contribution in [0.3, 0.4) is 0 Å². The van der Waals surface area contributed by atoms with Gasteiger partial charge in [-0.2, -0.15) is 0 Å². The second kappa shape index (κ2) is 8.55.